The summed E-state index contributed by atoms with van der Waals surface area (Å²) in [4.78, 5) is 10.8. The van der Waals surface area contributed by atoms with Crippen LogP contribution in [0.3, 0.4) is 0 Å². The van der Waals surface area contributed by atoms with Gasteiger partial charge in [0.25, 0.3) is 0 Å². The van der Waals surface area contributed by atoms with Crippen LogP contribution >= 0.6 is 0 Å². The number of unbranched alkanes of at least 4 members (excludes halogenated alkanes) is 12. The Kier molecular flexibility index (Phi) is 19.2. The third-order valence-electron chi connectivity index (χ3n) is 4.06. The van der Waals surface area contributed by atoms with Gasteiger partial charge in [0.05, 0.1) is 6.61 Å². The van der Waals surface area contributed by atoms with Gasteiger partial charge < -0.3 is 14.6 Å². The van der Waals surface area contributed by atoms with Crippen molar-refractivity contribution in [3.05, 3.63) is 12.2 Å². The monoisotopic (exact) mass is 342 g/mol. The summed E-state index contributed by atoms with van der Waals surface area (Å²) in [5, 5.41) is 8.35. The Labute approximate surface area is 148 Å². The van der Waals surface area contributed by atoms with Gasteiger partial charge in [0.1, 0.15) is 0 Å². The van der Waals surface area contributed by atoms with Crippen LogP contribution in [-0.4, -0.2) is 24.7 Å². The number of carbonyl (C=O) groups is 1. The summed E-state index contributed by atoms with van der Waals surface area (Å²) in [6.45, 7) is 2.02. The molecule has 0 atom stereocenters. The van der Waals surface area contributed by atoms with Gasteiger partial charge in [-0.05, 0) is 32.1 Å². The van der Waals surface area contributed by atoms with E-state index >= 15 is 0 Å². The summed E-state index contributed by atoms with van der Waals surface area (Å²) >= 11 is 0. The molecule has 0 aromatic heterocycles. The molecule has 24 heavy (non-hydrogen) atoms. The number of aliphatic hydroxyl groups is 1. The van der Waals surface area contributed by atoms with Crippen molar-refractivity contribution < 1.29 is 19.4 Å². The second-order valence-electron chi connectivity index (χ2n) is 6.31. The van der Waals surface area contributed by atoms with Gasteiger partial charge in [-0.1, -0.05) is 76.9 Å². The average Bonchev–Trinajstić information content (AvgIpc) is 2.58. The van der Waals surface area contributed by atoms with Crippen molar-refractivity contribution in [2.45, 2.75) is 96.8 Å². The Bertz CT molecular complexity index is 289. The van der Waals surface area contributed by atoms with Gasteiger partial charge in [0, 0.05) is 0 Å². The zero-order chi connectivity index (χ0) is 17.7. The van der Waals surface area contributed by atoms with E-state index in [4.69, 9.17) is 9.84 Å². The number of carbonyl (C=O) groups excluding carboxylic acids is 1. The van der Waals surface area contributed by atoms with E-state index in [-0.39, 0.29) is 0 Å². The lowest BCUT2D eigenvalue weighted by Gasteiger charge is -2.04. The first-order valence-electron chi connectivity index (χ1n) is 9.86. The molecule has 0 rings (SSSR count). The van der Waals surface area contributed by atoms with Gasteiger partial charge in [0.15, 0.2) is 6.79 Å². The Morgan fingerprint density at radius 2 is 1.25 bits per heavy atom. The second-order valence-corrected chi connectivity index (χ2v) is 6.31. The topological polar surface area (TPSA) is 55.8 Å². The van der Waals surface area contributed by atoms with Gasteiger partial charge in [-0.3, -0.25) is 0 Å². The standard InChI is InChI=1S/C20H38O4/c1-2-3-4-5-6-7-8-9-10-11-12-13-14-15-16-17-18-23-20(22)24-19-21/h9-10,21H,2-8,11-19H2,1H3/b10-9+. The molecule has 1 N–H and O–H groups in total. The lowest BCUT2D eigenvalue weighted by Crippen LogP contribution is -2.08. The number of hydrogen-bond donors (Lipinski definition) is 1. The summed E-state index contributed by atoms with van der Waals surface area (Å²) in [5.41, 5.74) is 0. The quantitative estimate of drug-likeness (QED) is 0.150. The third kappa shape index (κ3) is 19.0. The molecule has 0 saturated carbocycles. The first-order chi connectivity index (χ1) is 11.8. The molecule has 142 valence electrons. The molecule has 0 amide bonds. The molecule has 0 aliphatic rings. The number of allylic oxidation sites excluding steroid dienone is 2. The molecule has 0 aliphatic heterocycles. The Hall–Kier alpha value is -1.03. The molecule has 0 bridgehead atoms. The predicted molar refractivity (Wildman–Crippen MR) is 99.0 cm³/mol. The summed E-state index contributed by atoms with van der Waals surface area (Å²) in [5.74, 6) is 0. The van der Waals surface area contributed by atoms with Crippen LogP contribution in [0.2, 0.25) is 0 Å². The summed E-state index contributed by atoms with van der Waals surface area (Å²) in [7, 11) is 0. The molecule has 0 aliphatic carbocycles. The molecule has 0 fully saturated rings. The van der Waals surface area contributed by atoms with E-state index in [1.165, 1.54) is 77.0 Å². The van der Waals surface area contributed by atoms with Crippen molar-refractivity contribution in [2.24, 2.45) is 0 Å². The second kappa shape index (κ2) is 20.0. The van der Waals surface area contributed by atoms with Crippen molar-refractivity contribution in [3.63, 3.8) is 0 Å². The fourth-order valence-corrected chi connectivity index (χ4v) is 2.60. The van der Waals surface area contributed by atoms with Crippen LogP contribution in [-0.2, 0) is 9.47 Å². The van der Waals surface area contributed by atoms with E-state index in [1.807, 2.05) is 0 Å². The van der Waals surface area contributed by atoms with Crippen LogP contribution < -0.4 is 0 Å². The SMILES string of the molecule is CCCCCCCC/C=C/CCCCCCCCOC(=O)OCO. The van der Waals surface area contributed by atoms with Gasteiger partial charge in [-0.2, -0.15) is 0 Å². The maximum Gasteiger partial charge on any atom is 0.510 e. The highest BCUT2D eigenvalue weighted by molar-refractivity contribution is 5.59. The van der Waals surface area contributed by atoms with Crippen LogP contribution in [0.25, 0.3) is 0 Å². The highest BCUT2D eigenvalue weighted by Crippen LogP contribution is 2.10. The van der Waals surface area contributed by atoms with Gasteiger partial charge in [-0.25, -0.2) is 4.79 Å². The summed E-state index contributed by atoms with van der Waals surface area (Å²) in [6, 6.07) is 0. The molecule has 0 aromatic rings. The fraction of sp³-hybridized carbons (Fsp3) is 0.850. The minimum absolute atomic E-state index is 0.375. The largest absolute Gasteiger partial charge is 0.510 e. The maximum atomic E-state index is 10.8. The van der Waals surface area contributed by atoms with Gasteiger partial charge in [-0.15, -0.1) is 0 Å². The van der Waals surface area contributed by atoms with Crippen molar-refractivity contribution in [2.75, 3.05) is 13.4 Å². The van der Waals surface area contributed by atoms with Crippen molar-refractivity contribution >= 4 is 6.16 Å². The number of aliphatic hydroxyl groups excluding tert-OH is 1. The van der Waals surface area contributed by atoms with Crippen LogP contribution in [0.1, 0.15) is 96.8 Å². The van der Waals surface area contributed by atoms with Crippen LogP contribution in [0.4, 0.5) is 4.79 Å². The molecular weight excluding hydrogens is 304 g/mol. The Morgan fingerprint density at radius 1 is 0.750 bits per heavy atom. The van der Waals surface area contributed by atoms with Crippen LogP contribution in [0, 0.1) is 0 Å². The highest BCUT2D eigenvalue weighted by atomic mass is 16.8. The number of hydrogen-bond acceptors (Lipinski definition) is 4. The minimum atomic E-state index is -0.787. The van der Waals surface area contributed by atoms with E-state index in [0.29, 0.717) is 6.61 Å². The lowest BCUT2D eigenvalue weighted by atomic mass is 10.1. The number of ether oxygens (including phenoxy) is 2. The van der Waals surface area contributed by atoms with Crippen molar-refractivity contribution in [1.29, 1.82) is 0 Å². The van der Waals surface area contributed by atoms with Gasteiger partial charge >= 0.3 is 6.16 Å². The number of rotatable bonds is 17. The van der Waals surface area contributed by atoms with Gasteiger partial charge in [0.2, 0.25) is 0 Å². The van der Waals surface area contributed by atoms with Crippen molar-refractivity contribution in [3.8, 4) is 0 Å². The molecule has 0 spiro atoms. The summed E-state index contributed by atoms with van der Waals surface area (Å²) < 4.78 is 9.03. The average molecular weight is 343 g/mol. The molecule has 0 aromatic carbocycles. The van der Waals surface area contributed by atoms with E-state index in [9.17, 15) is 4.79 Å². The molecule has 4 nitrogen and oxygen atoms in total. The van der Waals surface area contributed by atoms with E-state index in [1.54, 1.807) is 0 Å². The Morgan fingerprint density at radius 3 is 1.79 bits per heavy atom. The fourth-order valence-electron chi connectivity index (χ4n) is 2.60. The summed E-state index contributed by atoms with van der Waals surface area (Å²) in [6.07, 6.45) is 21.5. The zero-order valence-electron chi connectivity index (χ0n) is 15.6. The molecule has 0 radical (unpaired) electrons. The van der Waals surface area contributed by atoms with E-state index < -0.39 is 12.9 Å². The zero-order valence-corrected chi connectivity index (χ0v) is 15.6. The van der Waals surface area contributed by atoms with E-state index in [2.05, 4.69) is 23.8 Å². The lowest BCUT2D eigenvalue weighted by molar-refractivity contribution is -0.00609. The van der Waals surface area contributed by atoms with Crippen molar-refractivity contribution in [1.82, 2.24) is 0 Å². The first kappa shape index (κ1) is 23.0. The predicted octanol–water partition coefficient (Wildman–Crippen LogP) is 6.13. The van der Waals surface area contributed by atoms with Crippen LogP contribution in [0.15, 0.2) is 12.2 Å². The third-order valence-corrected chi connectivity index (χ3v) is 4.06. The maximum absolute atomic E-state index is 10.8. The molecule has 0 heterocycles. The first-order valence-corrected chi connectivity index (χ1v) is 9.86. The van der Waals surface area contributed by atoms with Crippen LogP contribution in [0.5, 0.6) is 0 Å². The smallest absolute Gasteiger partial charge is 0.434 e. The highest BCUT2D eigenvalue weighted by Gasteiger charge is 2.01. The molecule has 0 saturated heterocycles. The normalized spacial score (nSPS) is 11.1. The Balaban J connectivity index is 3.11. The minimum Gasteiger partial charge on any atom is -0.434 e. The molecule has 4 heteroatoms. The molecule has 0 unspecified atom stereocenters. The molecular formula is C20H38O4. The van der Waals surface area contributed by atoms with E-state index in [0.717, 1.165) is 12.8 Å².